The summed E-state index contributed by atoms with van der Waals surface area (Å²) in [5.74, 6) is -0.236. The number of benzene rings is 1. The lowest BCUT2D eigenvalue weighted by Crippen LogP contribution is -2.33. The molecule has 0 unspecified atom stereocenters. The summed E-state index contributed by atoms with van der Waals surface area (Å²) in [6.07, 6.45) is 0.763. The summed E-state index contributed by atoms with van der Waals surface area (Å²) in [7, 11) is -3.73. The number of hydrogen-bond acceptors (Lipinski definition) is 4. The Hall–Kier alpha value is -1.70. The zero-order valence-corrected chi connectivity index (χ0v) is 13.1. The molecule has 1 aromatic carbocycles. The lowest BCUT2D eigenvalue weighted by Gasteiger charge is -2.13. The van der Waals surface area contributed by atoms with Crippen molar-refractivity contribution in [3.63, 3.8) is 0 Å². The fourth-order valence-corrected chi connectivity index (χ4v) is 3.24. The molecule has 3 N–H and O–H groups in total. The van der Waals surface area contributed by atoms with Crippen LogP contribution in [0.25, 0.3) is 0 Å². The van der Waals surface area contributed by atoms with Crippen molar-refractivity contribution < 1.29 is 13.2 Å². The van der Waals surface area contributed by atoms with Crippen LogP contribution in [0, 0.1) is 0 Å². The molecule has 7 heteroatoms. The van der Waals surface area contributed by atoms with Gasteiger partial charge in [-0.1, -0.05) is 6.07 Å². The monoisotopic (exact) mass is 324 g/mol. The number of rotatable bonds is 5. The van der Waals surface area contributed by atoms with Gasteiger partial charge in [-0.05, 0) is 42.6 Å². The molecule has 2 rings (SSSR count). The maximum Gasteiger partial charge on any atom is 0.251 e. The van der Waals surface area contributed by atoms with Crippen molar-refractivity contribution in [3.05, 3.63) is 52.2 Å². The molecule has 0 radical (unpaired) electrons. The number of nitrogens with two attached hydrogens (primary N) is 1. The Kier molecular flexibility index (Phi) is 4.76. The second-order valence-corrected chi connectivity index (χ2v) is 7.32. The normalized spacial score (nSPS) is 12.9. The highest BCUT2D eigenvalue weighted by molar-refractivity contribution is 7.89. The van der Waals surface area contributed by atoms with Crippen molar-refractivity contribution in [3.8, 4) is 0 Å². The Bertz CT molecular complexity index is 707. The fraction of sp³-hybridized carbons (Fsp3) is 0.214. The molecule has 1 heterocycles. The number of nitrogens with one attached hydrogen (secondary N) is 1. The Morgan fingerprint density at radius 1 is 1.29 bits per heavy atom. The second-order valence-electron chi connectivity index (χ2n) is 4.73. The topological polar surface area (TPSA) is 89.3 Å². The Morgan fingerprint density at radius 3 is 2.48 bits per heavy atom. The number of hydrogen-bond donors (Lipinski definition) is 2. The molecule has 0 saturated carbocycles. The maximum absolute atomic E-state index is 12.1. The van der Waals surface area contributed by atoms with Crippen LogP contribution >= 0.6 is 11.3 Å². The average molecular weight is 324 g/mol. The Labute approximate surface area is 127 Å². The highest BCUT2D eigenvalue weighted by Gasteiger charge is 2.12. The van der Waals surface area contributed by atoms with Gasteiger partial charge in [0.2, 0.25) is 10.0 Å². The molecule has 2 aromatic rings. The third-order valence-electron chi connectivity index (χ3n) is 2.91. The minimum absolute atomic E-state index is 0.00549. The van der Waals surface area contributed by atoms with E-state index in [1.54, 1.807) is 11.3 Å². The van der Waals surface area contributed by atoms with Crippen molar-refractivity contribution >= 4 is 27.3 Å². The van der Waals surface area contributed by atoms with E-state index < -0.39 is 10.0 Å². The van der Waals surface area contributed by atoms with Gasteiger partial charge >= 0.3 is 0 Å². The first kappa shape index (κ1) is 15.7. The van der Waals surface area contributed by atoms with Gasteiger partial charge in [0.25, 0.3) is 5.91 Å². The maximum atomic E-state index is 12.1. The van der Waals surface area contributed by atoms with Crippen molar-refractivity contribution in [2.45, 2.75) is 24.3 Å². The van der Waals surface area contributed by atoms with Gasteiger partial charge in [-0.15, -0.1) is 11.3 Å². The van der Waals surface area contributed by atoms with Gasteiger partial charge in [0.1, 0.15) is 0 Å². The van der Waals surface area contributed by atoms with Crippen LogP contribution < -0.4 is 10.5 Å². The third kappa shape index (κ3) is 4.38. The first-order chi connectivity index (χ1) is 9.86. The minimum Gasteiger partial charge on any atom is -0.349 e. The van der Waals surface area contributed by atoms with Gasteiger partial charge in [0.05, 0.1) is 4.90 Å². The molecule has 1 amide bonds. The van der Waals surface area contributed by atoms with E-state index in [2.05, 4.69) is 5.32 Å². The summed E-state index contributed by atoms with van der Waals surface area (Å²) in [6.45, 7) is 1.93. The summed E-state index contributed by atoms with van der Waals surface area (Å²) in [4.78, 5) is 13.2. The number of amides is 1. The van der Waals surface area contributed by atoms with E-state index in [0.29, 0.717) is 5.56 Å². The lowest BCUT2D eigenvalue weighted by atomic mass is 10.1. The zero-order chi connectivity index (χ0) is 15.5. The molecular weight excluding hydrogens is 308 g/mol. The highest BCUT2D eigenvalue weighted by atomic mass is 32.2. The predicted molar refractivity (Wildman–Crippen MR) is 82.8 cm³/mol. The SMILES string of the molecule is C[C@H](Cc1cccs1)NC(=O)c1ccc(S(N)(=O)=O)cc1. The van der Waals surface area contributed by atoms with E-state index in [-0.39, 0.29) is 16.8 Å². The first-order valence-electron chi connectivity index (χ1n) is 6.32. The molecule has 0 aliphatic rings. The summed E-state index contributed by atoms with van der Waals surface area (Å²) in [6, 6.07) is 9.55. The fourth-order valence-electron chi connectivity index (χ4n) is 1.88. The van der Waals surface area contributed by atoms with Gasteiger partial charge in [-0.2, -0.15) is 0 Å². The molecule has 21 heavy (non-hydrogen) atoms. The van der Waals surface area contributed by atoms with Crippen LogP contribution in [-0.2, 0) is 16.4 Å². The number of carbonyl (C=O) groups excluding carboxylic acids is 1. The van der Waals surface area contributed by atoms with E-state index in [0.717, 1.165) is 6.42 Å². The lowest BCUT2D eigenvalue weighted by molar-refractivity contribution is 0.0940. The first-order valence-corrected chi connectivity index (χ1v) is 8.75. The summed E-state index contributed by atoms with van der Waals surface area (Å²) in [5.41, 5.74) is 0.403. The molecule has 0 bridgehead atoms. The van der Waals surface area contributed by atoms with Crippen LogP contribution in [-0.4, -0.2) is 20.4 Å². The van der Waals surface area contributed by atoms with Gasteiger partial charge in [-0.3, -0.25) is 4.79 Å². The molecule has 0 spiro atoms. The predicted octanol–water partition coefficient (Wildman–Crippen LogP) is 1.76. The summed E-state index contributed by atoms with van der Waals surface area (Å²) in [5, 5.41) is 9.89. The quantitative estimate of drug-likeness (QED) is 0.878. The van der Waals surface area contributed by atoms with E-state index in [4.69, 9.17) is 5.14 Å². The average Bonchev–Trinajstić information content (AvgIpc) is 2.90. The molecule has 112 valence electrons. The van der Waals surface area contributed by atoms with Gasteiger partial charge in [-0.25, -0.2) is 13.6 Å². The molecule has 1 atom stereocenters. The van der Waals surface area contributed by atoms with Crippen LogP contribution in [0.1, 0.15) is 22.2 Å². The van der Waals surface area contributed by atoms with Crippen molar-refractivity contribution in [1.82, 2.24) is 5.32 Å². The molecule has 5 nitrogen and oxygen atoms in total. The van der Waals surface area contributed by atoms with Crippen LogP contribution in [0.4, 0.5) is 0 Å². The van der Waals surface area contributed by atoms with E-state index in [1.165, 1.54) is 29.1 Å². The summed E-state index contributed by atoms with van der Waals surface area (Å²) >= 11 is 1.65. The molecule has 0 saturated heterocycles. The largest absolute Gasteiger partial charge is 0.349 e. The molecule has 0 aliphatic carbocycles. The molecular formula is C14H16N2O3S2. The van der Waals surface area contributed by atoms with Crippen molar-refractivity contribution in [2.24, 2.45) is 5.14 Å². The van der Waals surface area contributed by atoms with E-state index >= 15 is 0 Å². The molecule has 0 aliphatic heterocycles. The number of primary sulfonamides is 1. The van der Waals surface area contributed by atoms with Crippen molar-refractivity contribution in [2.75, 3.05) is 0 Å². The second kappa shape index (κ2) is 6.38. The molecule has 1 aromatic heterocycles. The van der Waals surface area contributed by atoms with Gasteiger partial charge in [0, 0.05) is 22.9 Å². The zero-order valence-electron chi connectivity index (χ0n) is 11.4. The Morgan fingerprint density at radius 2 is 1.95 bits per heavy atom. The van der Waals surface area contributed by atoms with Crippen LogP contribution in [0.5, 0.6) is 0 Å². The molecule has 0 fully saturated rings. The standard InChI is InChI=1S/C14H16N2O3S2/c1-10(9-12-3-2-8-20-12)16-14(17)11-4-6-13(7-5-11)21(15,18)19/h2-8,10H,9H2,1H3,(H,16,17)(H2,15,18,19)/t10-/m1/s1. The summed E-state index contributed by atoms with van der Waals surface area (Å²) < 4.78 is 22.3. The van der Waals surface area contributed by atoms with Crippen LogP contribution in [0.15, 0.2) is 46.7 Å². The van der Waals surface area contributed by atoms with Gasteiger partial charge < -0.3 is 5.32 Å². The third-order valence-corrected chi connectivity index (χ3v) is 4.74. The van der Waals surface area contributed by atoms with Crippen molar-refractivity contribution in [1.29, 1.82) is 0 Å². The van der Waals surface area contributed by atoms with Gasteiger partial charge in [0.15, 0.2) is 0 Å². The minimum atomic E-state index is -3.73. The number of thiophene rings is 1. The number of sulfonamides is 1. The van der Waals surface area contributed by atoms with Crippen LogP contribution in [0.2, 0.25) is 0 Å². The smallest absolute Gasteiger partial charge is 0.251 e. The number of carbonyl (C=O) groups is 1. The van der Waals surface area contributed by atoms with E-state index in [9.17, 15) is 13.2 Å². The van der Waals surface area contributed by atoms with E-state index in [1.807, 2.05) is 24.4 Å². The van der Waals surface area contributed by atoms with Crippen LogP contribution in [0.3, 0.4) is 0 Å². The highest BCUT2D eigenvalue weighted by Crippen LogP contribution is 2.12. The Balaban J connectivity index is 2.00.